The van der Waals surface area contributed by atoms with Crippen LogP contribution >= 0.6 is 11.6 Å². The van der Waals surface area contributed by atoms with E-state index in [0.717, 1.165) is 11.3 Å². The first-order chi connectivity index (χ1) is 8.23. The van der Waals surface area contributed by atoms with E-state index < -0.39 is 5.60 Å². The third-order valence-electron chi connectivity index (χ3n) is 2.73. The van der Waals surface area contributed by atoms with Crippen LogP contribution in [-0.4, -0.2) is 52.6 Å². The van der Waals surface area contributed by atoms with E-state index in [9.17, 15) is 5.11 Å². The van der Waals surface area contributed by atoms with E-state index in [4.69, 9.17) is 11.6 Å². The van der Waals surface area contributed by atoms with E-state index >= 15 is 0 Å². The van der Waals surface area contributed by atoms with Gasteiger partial charge < -0.3 is 15.3 Å². The summed E-state index contributed by atoms with van der Waals surface area (Å²) in [5, 5.41) is 18.3. The van der Waals surface area contributed by atoms with E-state index in [0.29, 0.717) is 24.8 Å². The summed E-state index contributed by atoms with van der Waals surface area (Å²) in [4.78, 5) is 1.96. The molecule has 0 amide bonds. The molecule has 5 nitrogen and oxygen atoms in total. The van der Waals surface area contributed by atoms with Crippen molar-refractivity contribution in [2.75, 3.05) is 27.2 Å². The van der Waals surface area contributed by atoms with Gasteiger partial charge in [-0.3, -0.25) is 4.68 Å². The first-order valence-electron chi connectivity index (χ1n) is 5.99. The molecule has 0 fully saturated rings. The molecule has 0 saturated carbocycles. The van der Waals surface area contributed by atoms with E-state index in [2.05, 4.69) is 10.4 Å². The van der Waals surface area contributed by atoms with Gasteiger partial charge in [-0.1, -0.05) is 11.6 Å². The maximum atomic E-state index is 10.1. The number of aromatic nitrogens is 2. The molecule has 1 unspecified atom stereocenters. The monoisotopic (exact) mass is 274 g/mol. The van der Waals surface area contributed by atoms with Crippen LogP contribution in [0, 0.1) is 6.92 Å². The number of aliphatic hydroxyl groups is 1. The standard InChI is InChI=1S/C12H23ClN4O/c1-9-10(11(13)17(5)15-9)6-14-7-12(2,18)8-16(3)4/h14,18H,6-8H2,1-5H3. The van der Waals surface area contributed by atoms with Crippen LogP contribution in [-0.2, 0) is 13.6 Å². The lowest BCUT2D eigenvalue weighted by atomic mass is 10.1. The maximum Gasteiger partial charge on any atom is 0.131 e. The molecular formula is C12H23ClN4O. The second kappa shape index (κ2) is 6.02. The van der Waals surface area contributed by atoms with Crippen LogP contribution in [0.1, 0.15) is 18.2 Å². The fraction of sp³-hybridized carbons (Fsp3) is 0.750. The van der Waals surface area contributed by atoms with Gasteiger partial charge >= 0.3 is 0 Å². The number of aryl methyl sites for hydroxylation is 2. The minimum absolute atomic E-state index is 0.510. The van der Waals surface area contributed by atoms with Crippen molar-refractivity contribution in [2.45, 2.75) is 26.0 Å². The molecule has 104 valence electrons. The summed E-state index contributed by atoms with van der Waals surface area (Å²) in [7, 11) is 5.70. The molecule has 6 heteroatoms. The Morgan fingerprint density at radius 3 is 2.56 bits per heavy atom. The third kappa shape index (κ3) is 4.24. The normalized spacial score (nSPS) is 15.1. The number of halogens is 1. The average molecular weight is 275 g/mol. The fourth-order valence-electron chi connectivity index (χ4n) is 2.07. The largest absolute Gasteiger partial charge is 0.388 e. The van der Waals surface area contributed by atoms with Crippen LogP contribution in [0.25, 0.3) is 0 Å². The van der Waals surface area contributed by atoms with Crippen molar-refractivity contribution >= 4 is 11.6 Å². The number of nitrogens with zero attached hydrogens (tertiary/aromatic N) is 3. The van der Waals surface area contributed by atoms with Gasteiger partial charge in [-0.15, -0.1) is 0 Å². The van der Waals surface area contributed by atoms with E-state index in [1.54, 1.807) is 4.68 Å². The summed E-state index contributed by atoms with van der Waals surface area (Å²) < 4.78 is 1.66. The zero-order valence-electron chi connectivity index (χ0n) is 11.8. The summed E-state index contributed by atoms with van der Waals surface area (Å²) >= 11 is 6.14. The van der Waals surface area contributed by atoms with Crippen LogP contribution in [0.15, 0.2) is 0 Å². The van der Waals surface area contributed by atoms with Gasteiger partial charge in [0.2, 0.25) is 0 Å². The van der Waals surface area contributed by atoms with Gasteiger partial charge in [0.05, 0.1) is 11.3 Å². The third-order valence-corrected chi connectivity index (χ3v) is 3.21. The quantitative estimate of drug-likeness (QED) is 0.805. The predicted octanol–water partition coefficient (Wildman–Crippen LogP) is 0.784. The zero-order valence-corrected chi connectivity index (χ0v) is 12.5. The zero-order chi connectivity index (χ0) is 13.9. The maximum absolute atomic E-state index is 10.1. The highest BCUT2D eigenvalue weighted by Gasteiger charge is 2.21. The van der Waals surface area contributed by atoms with Crippen molar-refractivity contribution in [2.24, 2.45) is 7.05 Å². The number of rotatable bonds is 6. The summed E-state index contributed by atoms with van der Waals surface area (Å²) in [6.45, 7) is 5.48. The lowest BCUT2D eigenvalue weighted by molar-refractivity contribution is 0.0336. The Bertz CT molecular complexity index is 401. The molecule has 0 aliphatic rings. The molecule has 0 radical (unpaired) electrons. The first-order valence-corrected chi connectivity index (χ1v) is 6.36. The first kappa shape index (κ1) is 15.4. The molecular weight excluding hydrogens is 252 g/mol. The molecule has 0 saturated heterocycles. The molecule has 2 N–H and O–H groups in total. The van der Waals surface area contributed by atoms with Crippen LogP contribution in [0.5, 0.6) is 0 Å². The molecule has 0 aliphatic carbocycles. The van der Waals surface area contributed by atoms with Crippen LogP contribution < -0.4 is 5.32 Å². The highest BCUT2D eigenvalue weighted by atomic mass is 35.5. The molecule has 0 bridgehead atoms. The van der Waals surface area contributed by atoms with E-state index in [1.807, 2.05) is 39.9 Å². The molecule has 1 aromatic rings. The fourth-order valence-corrected chi connectivity index (χ4v) is 2.31. The molecule has 1 aromatic heterocycles. The number of nitrogens with one attached hydrogen (secondary N) is 1. The van der Waals surface area contributed by atoms with E-state index in [-0.39, 0.29) is 0 Å². The molecule has 1 atom stereocenters. The molecule has 18 heavy (non-hydrogen) atoms. The van der Waals surface area contributed by atoms with Crippen molar-refractivity contribution in [3.05, 3.63) is 16.4 Å². The Labute approximate surface area is 114 Å². The van der Waals surface area contributed by atoms with Gasteiger partial charge in [-0.2, -0.15) is 5.10 Å². The Kier molecular flexibility index (Phi) is 5.16. The Morgan fingerprint density at radius 2 is 2.11 bits per heavy atom. The molecule has 1 heterocycles. The lowest BCUT2D eigenvalue weighted by Crippen LogP contribution is -2.45. The average Bonchev–Trinajstić information content (AvgIpc) is 2.42. The summed E-state index contributed by atoms with van der Waals surface area (Å²) in [6, 6.07) is 0. The van der Waals surface area contributed by atoms with Crippen LogP contribution in [0.3, 0.4) is 0 Å². The van der Waals surface area contributed by atoms with Gasteiger partial charge in [0.1, 0.15) is 5.15 Å². The summed E-state index contributed by atoms with van der Waals surface area (Å²) in [6.07, 6.45) is 0. The van der Waals surface area contributed by atoms with Crippen molar-refractivity contribution in [3.8, 4) is 0 Å². The van der Waals surface area contributed by atoms with Gasteiger partial charge in [0.15, 0.2) is 0 Å². The minimum atomic E-state index is -0.758. The van der Waals surface area contributed by atoms with Gasteiger partial charge in [0, 0.05) is 32.2 Å². The van der Waals surface area contributed by atoms with Crippen LogP contribution in [0.4, 0.5) is 0 Å². The van der Waals surface area contributed by atoms with Crippen LogP contribution in [0.2, 0.25) is 5.15 Å². The second-order valence-electron chi connectivity index (χ2n) is 5.32. The summed E-state index contributed by atoms with van der Waals surface area (Å²) in [5.74, 6) is 0. The van der Waals surface area contributed by atoms with Crippen molar-refractivity contribution < 1.29 is 5.11 Å². The lowest BCUT2D eigenvalue weighted by Gasteiger charge is -2.27. The number of hydrogen-bond acceptors (Lipinski definition) is 4. The SMILES string of the molecule is Cc1nn(C)c(Cl)c1CNCC(C)(O)CN(C)C. The Hall–Kier alpha value is -0.620. The molecule has 1 rings (SSSR count). The van der Waals surface area contributed by atoms with Crippen molar-refractivity contribution in [1.82, 2.24) is 20.0 Å². The highest BCUT2D eigenvalue weighted by Crippen LogP contribution is 2.18. The van der Waals surface area contributed by atoms with Crippen molar-refractivity contribution in [1.29, 1.82) is 0 Å². The highest BCUT2D eigenvalue weighted by molar-refractivity contribution is 6.30. The second-order valence-corrected chi connectivity index (χ2v) is 5.67. The summed E-state index contributed by atoms with van der Waals surface area (Å²) in [5.41, 5.74) is 1.15. The van der Waals surface area contributed by atoms with Gasteiger partial charge in [-0.05, 0) is 27.9 Å². The number of hydrogen-bond donors (Lipinski definition) is 2. The van der Waals surface area contributed by atoms with Gasteiger partial charge in [-0.25, -0.2) is 0 Å². The number of likely N-dealkylation sites (N-methyl/N-ethyl adjacent to an activating group) is 1. The topological polar surface area (TPSA) is 53.3 Å². The minimum Gasteiger partial charge on any atom is -0.388 e. The Balaban J connectivity index is 2.51. The Morgan fingerprint density at radius 1 is 1.50 bits per heavy atom. The van der Waals surface area contributed by atoms with E-state index in [1.165, 1.54) is 0 Å². The molecule has 0 aromatic carbocycles. The molecule has 0 aliphatic heterocycles. The smallest absolute Gasteiger partial charge is 0.131 e. The van der Waals surface area contributed by atoms with Crippen molar-refractivity contribution in [3.63, 3.8) is 0 Å². The molecule has 0 spiro atoms. The predicted molar refractivity (Wildman–Crippen MR) is 73.8 cm³/mol. The van der Waals surface area contributed by atoms with Gasteiger partial charge in [0.25, 0.3) is 0 Å².